The zero-order chi connectivity index (χ0) is 16.0. The molecule has 1 aromatic carbocycles. The number of methoxy groups -OCH3 is 1. The molecule has 0 bridgehead atoms. The molecular formula is C17H28IN3O2. The van der Waals surface area contributed by atoms with Crippen molar-refractivity contribution >= 4 is 29.9 Å². The van der Waals surface area contributed by atoms with Crippen molar-refractivity contribution in [2.75, 3.05) is 33.4 Å². The first kappa shape index (κ1) is 21.6. The van der Waals surface area contributed by atoms with Crippen LogP contribution in [0.2, 0.25) is 0 Å². The molecular weight excluding hydrogens is 405 g/mol. The molecule has 130 valence electrons. The Kier molecular flexibility index (Phi) is 13.3. The van der Waals surface area contributed by atoms with Crippen molar-refractivity contribution in [3.8, 4) is 11.5 Å². The third kappa shape index (κ3) is 10.0. The van der Waals surface area contributed by atoms with Gasteiger partial charge in [-0.25, -0.2) is 0 Å². The van der Waals surface area contributed by atoms with Crippen molar-refractivity contribution in [2.45, 2.75) is 20.3 Å². The van der Waals surface area contributed by atoms with Crippen LogP contribution in [0.15, 0.2) is 41.4 Å². The minimum Gasteiger partial charge on any atom is -0.497 e. The number of nitrogens with one attached hydrogen (secondary N) is 2. The van der Waals surface area contributed by atoms with Gasteiger partial charge in [0.1, 0.15) is 18.1 Å². The molecule has 0 heterocycles. The van der Waals surface area contributed by atoms with Gasteiger partial charge in [-0.1, -0.05) is 12.2 Å². The Balaban J connectivity index is 0.00000484. The van der Waals surface area contributed by atoms with Crippen LogP contribution in [0.5, 0.6) is 11.5 Å². The molecule has 0 saturated heterocycles. The molecule has 0 fully saturated rings. The fraction of sp³-hybridized carbons (Fsp3) is 0.471. The summed E-state index contributed by atoms with van der Waals surface area (Å²) in [6, 6.07) is 7.56. The lowest BCUT2D eigenvalue weighted by molar-refractivity contribution is 0.321. The van der Waals surface area contributed by atoms with E-state index in [4.69, 9.17) is 9.47 Å². The highest BCUT2D eigenvalue weighted by Gasteiger charge is 1.98. The second kappa shape index (κ2) is 14.2. The van der Waals surface area contributed by atoms with Crippen molar-refractivity contribution in [3.05, 3.63) is 36.4 Å². The average molecular weight is 433 g/mol. The zero-order valence-electron chi connectivity index (χ0n) is 14.2. The van der Waals surface area contributed by atoms with E-state index >= 15 is 0 Å². The number of nitrogens with zero attached hydrogens (tertiary/aromatic N) is 1. The maximum atomic E-state index is 5.67. The Labute approximate surface area is 156 Å². The molecule has 5 nitrogen and oxygen atoms in total. The number of halogens is 1. The second-order valence-corrected chi connectivity index (χ2v) is 4.57. The molecule has 1 aromatic rings. The Bertz CT molecular complexity index is 461. The van der Waals surface area contributed by atoms with E-state index in [-0.39, 0.29) is 24.0 Å². The van der Waals surface area contributed by atoms with E-state index < -0.39 is 0 Å². The molecule has 2 N–H and O–H groups in total. The summed E-state index contributed by atoms with van der Waals surface area (Å²) in [5.41, 5.74) is 0. The van der Waals surface area contributed by atoms with Crippen LogP contribution in [0.3, 0.4) is 0 Å². The van der Waals surface area contributed by atoms with Gasteiger partial charge in [0, 0.05) is 13.1 Å². The van der Waals surface area contributed by atoms with Gasteiger partial charge in [-0.2, -0.15) is 0 Å². The lowest BCUT2D eigenvalue weighted by Gasteiger charge is -2.12. The predicted octanol–water partition coefficient (Wildman–Crippen LogP) is 3.21. The topological polar surface area (TPSA) is 54.9 Å². The van der Waals surface area contributed by atoms with E-state index in [9.17, 15) is 0 Å². The van der Waals surface area contributed by atoms with Gasteiger partial charge in [0.25, 0.3) is 0 Å². The summed E-state index contributed by atoms with van der Waals surface area (Å²) >= 11 is 0. The molecule has 0 atom stereocenters. The van der Waals surface area contributed by atoms with Crippen LogP contribution in [0.1, 0.15) is 20.3 Å². The number of ether oxygens (including phenoxy) is 2. The standard InChI is InChI=1S/C17H27N3O2.HI/c1-4-6-7-12-19-17(18-5-2)20-13-14-22-16-10-8-15(21-3)9-11-16;/h4,6,8-11H,5,7,12-14H2,1-3H3,(H2,18,19,20);1H/b6-4+;. The van der Waals surface area contributed by atoms with Crippen LogP contribution in [-0.2, 0) is 0 Å². The third-order valence-corrected chi connectivity index (χ3v) is 2.87. The summed E-state index contributed by atoms with van der Waals surface area (Å²) in [6.07, 6.45) is 5.11. The molecule has 0 radical (unpaired) electrons. The molecule has 0 unspecified atom stereocenters. The summed E-state index contributed by atoms with van der Waals surface area (Å²) in [7, 11) is 1.65. The van der Waals surface area contributed by atoms with Gasteiger partial charge in [-0.05, 0) is 44.5 Å². The van der Waals surface area contributed by atoms with Gasteiger partial charge >= 0.3 is 0 Å². The van der Waals surface area contributed by atoms with Crippen LogP contribution in [-0.4, -0.2) is 39.3 Å². The van der Waals surface area contributed by atoms with Gasteiger partial charge in [-0.3, -0.25) is 4.99 Å². The lowest BCUT2D eigenvalue weighted by atomic mass is 10.3. The fourth-order valence-corrected chi connectivity index (χ4v) is 1.77. The normalized spacial score (nSPS) is 11.0. The minimum atomic E-state index is 0. The van der Waals surface area contributed by atoms with Crippen molar-refractivity contribution in [3.63, 3.8) is 0 Å². The van der Waals surface area contributed by atoms with Gasteiger partial charge in [0.05, 0.1) is 13.7 Å². The predicted molar refractivity (Wildman–Crippen MR) is 107 cm³/mol. The highest BCUT2D eigenvalue weighted by Crippen LogP contribution is 2.16. The van der Waals surface area contributed by atoms with E-state index in [0.717, 1.165) is 37.0 Å². The maximum absolute atomic E-state index is 5.67. The second-order valence-electron chi connectivity index (χ2n) is 4.57. The SMILES string of the molecule is C/C=C/CCN=C(NCC)NCCOc1ccc(OC)cc1.I. The van der Waals surface area contributed by atoms with Crippen LogP contribution in [0.4, 0.5) is 0 Å². The molecule has 6 heteroatoms. The number of allylic oxidation sites excluding steroid dienone is 1. The van der Waals surface area contributed by atoms with Crippen molar-refractivity contribution in [2.24, 2.45) is 4.99 Å². The van der Waals surface area contributed by atoms with Crippen LogP contribution in [0, 0.1) is 0 Å². The van der Waals surface area contributed by atoms with Crippen LogP contribution >= 0.6 is 24.0 Å². The Morgan fingerprint density at radius 1 is 1.17 bits per heavy atom. The van der Waals surface area contributed by atoms with Crippen LogP contribution in [0.25, 0.3) is 0 Å². The van der Waals surface area contributed by atoms with E-state index in [2.05, 4.69) is 28.6 Å². The molecule has 0 aliphatic carbocycles. The van der Waals surface area contributed by atoms with Gasteiger partial charge in [0.15, 0.2) is 5.96 Å². The van der Waals surface area contributed by atoms with E-state index in [1.54, 1.807) is 7.11 Å². The summed E-state index contributed by atoms with van der Waals surface area (Å²) in [5.74, 6) is 2.48. The fourth-order valence-electron chi connectivity index (χ4n) is 1.77. The quantitative estimate of drug-likeness (QED) is 0.207. The number of hydrogen-bond acceptors (Lipinski definition) is 3. The maximum Gasteiger partial charge on any atom is 0.191 e. The molecule has 1 rings (SSSR count). The first-order valence-corrected chi connectivity index (χ1v) is 7.70. The smallest absolute Gasteiger partial charge is 0.191 e. The third-order valence-electron chi connectivity index (χ3n) is 2.87. The molecule has 0 saturated carbocycles. The monoisotopic (exact) mass is 433 g/mol. The largest absolute Gasteiger partial charge is 0.497 e. The first-order valence-electron chi connectivity index (χ1n) is 7.70. The zero-order valence-corrected chi connectivity index (χ0v) is 16.5. The van der Waals surface area contributed by atoms with Gasteiger partial charge < -0.3 is 20.1 Å². The van der Waals surface area contributed by atoms with Gasteiger partial charge in [-0.15, -0.1) is 24.0 Å². The highest BCUT2D eigenvalue weighted by molar-refractivity contribution is 14.0. The first-order chi connectivity index (χ1) is 10.8. The highest BCUT2D eigenvalue weighted by atomic mass is 127. The van der Waals surface area contributed by atoms with Crippen molar-refractivity contribution < 1.29 is 9.47 Å². The summed E-state index contributed by atoms with van der Waals surface area (Å²) in [5, 5.41) is 6.47. The Hall–Kier alpha value is -1.44. The average Bonchev–Trinajstić information content (AvgIpc) is 2.56. The van der Waals surface area contributed by atoms with E-state index in [1.165, 1.54) is 0 Å². The minimum absolute atomic E-state index is 0. The number of benzene rings is 1. The molecule has 0 amide bonds. The summed E-state index contributed by atoms with van der Waals surface area (Å²) < 4.78 is 10.8. The Morgan fingerprint density at radius 2 is 1.87 bits per heavy atom. The Morgan fingerprint density at radius 3 is 2.48 bits per heavy atom. The summed E-state index contributed by atoms with van der Waals surface area (Å²) in [4.78, 5) is 4.49. The lowest BCUT2D eigenvalue weighted by Crippen LogP contribution is -2.39. The molecule has 0 aromatic heterocycles. The van der Waals surface area contributed by atoms with E-state index in [1.807, 2.05) is 37.3 Å². The molecule has 0 aliphatic heterocycles. The number of hydrogen-bond donors (Lipinski definition) is 2. The molecule has 23 heavy (non-hydrogen) atoms. The van der Waals surface area contributed by atoms with Crippen molar-refractivity contribution in [1.82, 2.24) is 10.6 Å². The number of aliphatic imine (C=N–C) groups is 1. The molecule has 0 spiro atoms. The summed E-state index contributed by atoms with van der Waals surface area (Å²) in [6.45, 7) is 6.96. The molecule has 0 aliphatic rings. The van der Waals surface area contributed by atoms with Gasteiger partial charge in [0.2, 0.25) is 0 Å². The number of rotatable bonds is 9. The van der Waals surface area contributed by atoms with Crippen molar-refractivity contribution in [1.29, 1.82) is 0 Å². The number of guanidine groups is 1. The van der Waals surface area contributed by atoms with E-state index in [0.29, 0.717) is 13.2 Å². The van der Waals surface area contributed by atoms with Crippen LogP contribution < -0.4 is 20.1 Å².